The fourth-order valence-corrected chi connectivity index (χ4v) is 3.82. The van der Waals surface area contributed by atoms with Crippen LogP contribution < -0.4 is 0 Å². The van der Waals surface area contributed by atoms with Crippen molar-refractivity contribution in [2.24, 2.45) is 5.92 Å². The second kappa shape index (κ2) is 5.24. The molecule has 2 heterocycles. The molecule has 2 unspecified atom stereocenters. The lowest BCUT2D eigenvalue weighted by Crippen LogP contribution is -2.43. The molecule has 3 heteroatoms. The quantitative estimate of drug-likeness (QED) is 0.722. The molecule has 2 nitrogen and oxygen atoms in total. The van der Waals surface area contributed by atoms with Crippen LogP contribution in [0.15, 0.2) is 0 Å². The Morgan fingerprint density at radius 3 is 2.93 bits per heavy atom. The summed E-state index contributed by atoms with van der Waals surface area (Å²) in [5.74, 6) is 2.37. The predicted octanol–water partition coefficient (Wildman–Crippen LogP) is 2.53. The Kier molecular flexibility index (Phi) is 3.95. The normalized spacial score (nSPS) is 31.9. The van der Waals surface area contributed by atoms with Crippen LogP contribution in [0.3, 0.4) is 0 Å². The van der Waals surface area contributed by atoms with Crippen LogP contribution in [-0.2, 0) is 4.79 Å². The van der Waals surface area contributed by atoms with Crippen LogP contribution in [0.1, 0.15) is 39.0 Å². The molecule has 0 aliphatic carbocycles. The van der Waals surface area contributed by atoms with Gasteiger partial charge in [0.2, 0.25) is 5.91 Å². The lowest BCUT2D eigenvalue weighted by atomic mass is 9.95. The Bertz CT molecular complexity index is 226. The summed E-state index contributed by atoms with van der Waals surface area (Å²) in [6.45, 7) is 4.27. The largest absolute Gasteiger partial charge is 0.341 e. The number of piperidine rings is 1. The highest BCUT2D eigenvalue weighted by atomic mass is 32.2. The first-order chi connectivity index (χ1) is 7.31. The first kappa shape index (κ1) is 11.3. The van der Waals surface area contributed by atoms with E-state index < -0.39 is 0 Å². The van der Waals surface area contributed by atoms with E-state index in [1.807, 2.05) is 11.8 Å². The molecule has 2 aliphatic rings. The van der Waals surface area contributed by atoms with Crippen LogP contribution in [-0.4, -0.2) is 34.9 Å². The third-order valence-electron chi connectivity index (χ3n) is 3.61. The first-order valence-corrected chi connectivity index (χ1v) is 7.26. The fraction of sp³-hybridized carbons (Fsp3) is 0.917. The van der Waals surface area contributed by atoms with E-state index >= 15 is 0 Å². The Balaban J connectivity index is 1.88. The van der Waals surface area contributed by atoms with Gasteiger partial charge in [-0.3, -0.25) is 4.79 Å². The van der Waals surface area contributed by atoms with E-state index in [1.165, 1.54) is 31.4 Å². The third-order valence-corrected chi connectivity index (χ3v) is 4.98. The van der Waals surface area contributed by atoms with Gasteiger partial charge in [0.25, 0.3) is 0 Å². The minimum Gasteiger partial charge on any atom is -0.341 e. The zero-order chi connectivity index (χ0) is 10.7. The van der Waals surface area contributed by atoms with Gasteiger partial charge in [-0.15, -0.1) is 11.8 Å². The Labute approximate surface area is 96.8 Å². The number of thioether (sulfide) groups is 1. The van der Waals surface area contributed by atoms with Crippen molar-refractivity contribution in [3.63, 3.8) is 0 Å². The van der Waals surface area contributed by atoms with Crippen LogP contribution in [0.4, 0.5) is 0 Å². The predicted molar refractivity (Wildman–Crippen MR) is 65.1 cm³/mol. The molecule has 0 aromatic heterocycles. The average Bonchev–Trinajstić information content (AvgIpc) is 2.81. The maximum atomic E-state index is 12.2. The number of rotatable bonds is 2. The Morgan fingerprint density at radius 2 is 2.27 bits per heavy atom. The fourth-order valence-electron chi connectivity index (χ4n) is 2.57. The van der Waals surface area contributed by atoms with Gasteiger partial charge in [-0.2, -0.15) is 0 Å². The molecule has 0 N–H and O–H groups in total. The second-order valence-corrected chi connectivity index (χ2v) is 6.01. The van der Waals surface area contributed by atoms with Gasteiger partial charge in [-0.25, -0.2) is 0 Å². The maximum Gasteiger partial charge on any atom is 0.235 e. The monoisotopic (exact) mass is 227 g/mol. The summed E-state index contributed by atoms with van der Waals surface area (Å²) in [6, 6.07) is 0. The number of hydrogen-bond acceptors (Lipinski definition) is 2. The summed E-state index contributed by atoms with van der Waals surface area (Å²) in [6.07, 6.45) is 6.09. The zero-order valence-electron chi connectivity index (χ0n) is 9.58. The van der Waals surface area contributed by atoms with E-state index in [0.717, 1.165) is 25.4 Å². The molecule has 2 saturated heterocycles. The van der Waals surface area contributed by atoms with Crippen LogP contribution in [0.25, 0.3) is 0 Å². The SMILES string of the molecule is CCC1CCCN(C(=O)C2CCCS2)C1. The highest BCUT2D eigenvalue weighted by molar-refractivity contribution is 8.00. The molecule has 2 rings (SSSR count). The number of nitrogens with zero attached hydrogens (tertiary/aromatic N) is 1. The molecule has 15 heavy (non-hydrogen) atoms. The summed E-state index contributed by atoms with van der Waals surface area (Å²) in [4.78, 5) is 14.3. The molecule has 0 aromatic carbocycles. The van der Waals surface area contributed by atoms with Gasteiger partial charge in [0.05, 0.1) is 5.25 Å². The molecule has 0 bridgehead atoms. The molecule has 2 aliphatic heterocycles. The van der Waals surface area contributed by atoms with Crippen LogP contribution in [0, 0.1) is 5.92 Å². The summed E-state index contributed by atoms with van der Waals surface area (Å²) >= 11 is 1.86. The molecule has 0 aromatic rings. The summed E-state index contributed by atoms with van der Waals surface area (Å²) in [5.41, 5.74) is 0. The van der Waals surface area contributed by atoms with Crippen molar-refractivity contribution in [2.45, 2.75) is 44.3 Å². The van der Waals surface area contributed by atoms with Crippen molar-refractivity contribution in [1.82, 2.24) is 4.90 Å². The van der Waals surface area contributed by atoms with Gasteiger partial charge >= 0.3 is 0 Å². The topological polar surface area (TPSA) is 20.3 Å². The zero-order valence-corrected chi connectivity index (χ0v) is 10.4. The number of carbonyl (C=O) groups is 1. The molecule has 2 fully saturated rings. The highest BCUT2D eigenvalue weighted by Crippen LogP contribution is 2.29. The minimum absolute atomic E-state index is 0.292. The number of likely N-dealkylation sites (tertiary alicyclic amines) is 1. The molecule has 0 radical (unpaired) electrons. The molecular formula is C12H21NOS. The van der Waals surface area contributed by atoms with Gasteiger partial charge in [0.15, 0.2) is 0 Å². The summed E-state index contributed by atoms with van der Waals surface area (Å²) in [5, 5.41) is 0.292. The smallest absolute Gasteiger partial charge is 0.235 e. The van der Waals surface area contributed by atoms with Crippen molar-refractivity contribution < 1.29 is 4.79 Å². The molecule has 2 atom stereocenters. The Hall–Kier alpha value is -0.180. The van der Waals surface area contributed by atoms with Crippen LogP contribution in [0.2, 0.25) is 0 Å². The Morgan fingerprint density at radius 1 is 1.40 bits per heavy atom. The van der Waals surface area contributed by atoms with Crippen molar-refractivity contribution in [1.29, 1.82) is 0 Å². The van der Waals surface area contributed by atoms with Crippen LogP contribution >= 0.6 is 11.8 Å². The molecular weight excluding hydrogens is 206 g/mol. The highest BCUT2D eigenvalue weighted by Gasteiger charge is 2.30. The van der Waals surface area contributed by atoms with Gasteiger partial charge < -0.3 is 4.90 Å². The van der Waals surface area contributed by atoms with Gasteiger partial charge in [0, 0.05) is 13.1 Å². The van der Waals surface area contributed by atoms with E-state index in [-0.39, 0.29) is 0 Å². The molecule has 86 valence electrons. The number of hydrogen-bond donors (Lipinski definition) is 0. The van der Waals surface area contributed by atoms with Crippen molar-refractivity contribution in [3.8, 4) is 0 Å². The van der Waals surface area contributed by atoms with Crippen molar-refractivity contribution >= 4 is 17.7 Å². The van der Waals surface area contributed by atoms with E-state index in [0.29, 0.717) is 11.2 Å². The van der Waals surface area contributed by atoms with E-state index in [9.17, 15) is 4.79 Å². The standard InChI is InChI=1S/C12H21NOS/c1-2-10-5-3-7-13(9-10)12(14)11-6-4-8-15-11/h10-11H,2-9H2,1H3. The van der Waals surface area contributed by atoms with Crippen molar-refractivity contribution in [2.75, 3.05) is 18.8 Å². The number of carbonyl (C=O) groups excluding carboxylic acids is 1. The lowest BCUT2D eigenvalue weighted by molar-refractivity contribution is -0.132. The van der Waals surface area contributed by atoms with Gasteiger partial charge in [-0.1, -0.05) is 13.3 Å². The number of amides is 1. The van der Waals surface area contributed by atoms with Gasteiger partial charge in [0.1, 0.15) is 0 Å². The lowest BCUT2D eigenvalue weighted by Gasteiger charge is -2.33. The van der Waals surface area contributed by atoms with E-state index in [4.69, 9.17) is 0 Å². The van der Waals surface area contributed by atoms with E-state index in [2.05, 4.69) is 11.8 Å². The van der Waals surface area contributed by atoms with Crippen LogP contribution in [0.5, 0.6) is 0 Å². The maximum absolute atomic E-state index is 12.2. The third kappa shape index (κ3) is 2.68. The van der Waals surface area contributed by atoms with E-state index in [1.54, 1.807) is 0 Å². The summed E-state index contributed by atoms with van der Waals surface area (Å²) in [7, 11) is 0. The summed E-state index contributed by atoms with van der Waals surface area (Å²) < 4.78 is 0. The first-order valence-electron chi connectivity index (χ1n) is 6.21. The molecule has 0 spiro atoms. The second-order valence-electron chi connectivity index (χ2n) is 4.70. The van der Waals surface area contributed by atoms with Gasteiger partial charge in [-0.05, 0) is 37.4 Å². The molecule has 0 saturated carbocycles. The molecule has 1 amide bonds. The average molecular weight is 227 g/mol. The minimum atomic E-state index is 0.292. The van der Waals surface area contributed by atoms with Crippen molar-refractivity contribution in [3.05, 3.63) is 0 Å².